The van der Waals surface area contributed by atoms with Crippen molar-refractivity contribution in [1.29, 1.82) is 5.26 Å². The number of carbonyl (C=O) groups is 2. The number of piperidine rings is 1. The molecule has 8 heteroatoms. The summed E-state index contributed by atoms with van der Waals surface area (Å²) in [6.07, 6.45) is 5.11. The highest BCUT2D eigenvalue weighted by molar-refractivity contribution is 5.86. The molecule has 2 aliphatic heterocycles. The molecular weight excluding hydrogens is 432 g/mol. The van der Waals surface area contributed by atoms with Crippen LogP contribution in [0.25, 0.3) is 0 Å². The SMILES string of the molecule is CC(C)CNC(=O)Oc1ccc(N2CCCC3(CCN(C4CCC(O)CC4)C3=O)C2)c(C#N)c1. The van der Waals surface area contributed by atoms with Gasteiger partial charge in [0.1, 0.15) is 11.8 Å². The minimum absolute atomic E-state index is 0.231. The third-order valence-corrected chi connectivity index (χ3v) is 7.52. The Hall–Kier alpha value is -2.79. The second-order valence-corrected chi connectivity index (χ2v) is 10.5. The molecule has 1 spiro atoms. The number of aliphatic hydroxyl groups is 1. The summed E-state index contributed by atoms with van der Waals surface area (Å²) in [6, 6.07) is 7.61. The third kappa shape index (κ3) is 5.15. The van der Waals surface area contributed by atoms with Crippen LogP contribution >= 0.6 is 0 Å². The lowest BCUT2D eigenvalue weighted by Gasteiger charge is -2.41. The molecule has 0 aromatic heterocycles. The fraction of sp³-hybridized carbons (Fsp3) is 0.654. The minimum Gasteiger partial charge on any atom is -0.410 e. The molecule has 0 bridgehead atoms. The zero-order chi connectivity index (χ0) is 24.3. The van der Waals surface area contributed by atoms with Gasteiger partial charge < -0.3 is 25.0 Å². The van der Waals surface area contributed by atoms with Crippen molar-refractivity contribution < 1.29 is 19.4 Å². The largest absolute Gasteiger partial charge is 0.412 e. The number of nitrogens with zero attached hydrogens (tertiary/aromatic N) is 3. The van der Waals surface area contributed by atoms with E-state index in [0.29, 0.717) is 30.3 Å². The maximum atomic E-state index is 13.6. The van der Waals surface area contributed by atoms with Crippen LogP contribution in [0, 0.1) is 22.7 Å². The standard InChI is InChI=1S/C26H36N4O4/c1-18(2)16-28-25(33)34-22-8-9-23(19(14-22)15-27)29-12-3-10-26(17-29)11-13-30(24(26)32)20-4-6-21(31)7-5-20/h8-9,14,18,20-21,31H,3-7,10-13,16-17H2,1-2H3,(H,28,33). The van der Waals surface area contributed by atoms with Crippen molar-refractivity contribution >= 4 is 17.7 Å². The normalized spacial score (nSPS) is 27.2. The average molecular weight is 469 g/mol. The number of amides is 2. The number of hydrogen-bond acceptors (Lipinski definition) is 6. The molecule has 2 heterocycles. The summed E-state index contributed by atoms with van der Waals surface area (Å²) in [7, 11) is 0. The summed E-state index contributed by atoms with van der Waals surface area (Å²) >= 11 is 0. The van der Waals surface area contributed by atoms with Crippen molar-refractivity contribution in [2.75, 3.05) is 31.1 Å². The minimum atomic E-state index is -0.533. The Kier molecular flexibility index (Phi) is 7.32. The van der Waals surface area contributed by atoms with Gasteiger partial charge in [-0.05, 0) is 63.0 Å². The van der Waals surface area contributed by atoms with Crippen molar-refractivity contribution in [1.82, 2.24) is 10.2 Å². The first kappa shape index (κ1) is 24.3. The summed E-state index contributed by atoms with van der Waals surface area (Å²) in [4.78, 5) is 29.8. The van der Waals surface area contributed by atoms with Crippen LogP contribution in [0.5, 0.6) is 5.75 Å². The van der Waals surface area contributed by atoms with Gasteiger partial charge in [-0.2, -0.15) is 5.26 Å². The summed E-state index contributed by atoms with van der Waals surface area (Å²) in [6.45, 7) is 6.68. The van der Waals surface area contributed by atoms with Crippen molar-refractivity contribution in [3.05, 3.63) is 23.8 Å². The number of likely N-dealkylation sites (tertiary alicyclic amines) is 1. The molecule has 4 rings (SSSR count). The van der Waals surface area contributed by atoms with Gasteiger partial charge in [-0.15, -0.1) is 0 Å². The van der Waals surface area contributed by atoms with E-state index in [1.165, 1.54) is 0 Å². The Labute approximate surface area is 201 Å². The molecular formula is C26H36N4O4. The first-order chi connectivity index (χ1) is 16.3. The number of benzene rings is 1. The maximum Gasteiger partial charge on any atom is 0.412 e. The summed E-state index contributed by atoms with van der Waals surface area (Å²) in [5, 5.41) is 22.3. The Morgan fingerprint density at radius 1 is 1.26 bits per heavy atom. The van der Waals surface area contributed by atoms with Crippen LogP contribution in [0.2, 0.25) is 0 Å². The molecule has 184 valence electrons. The first-order valence-electron chi connectivity index (χ1n) is 12.6. The van der Waals surface area contributed by atoms with Gasteiger partial charge in [0, 0.05) is 38.3 Å². The molecule has 1 aliphatic carbocycles. The molecule has 3 aliphatic rings. The first-order valence-corrected chi connectivity index (χ1v) is 12.6. The Morgan fingerprint density at radius 2 is 2.03 bits per heavy atom. The number of aliphatic hydroxyl groups excluding tert-OH is 1. The lowest BCUT2D eigenvalue weighted by atomic mass is 9.78. The summed E-state index contributed by atoms with van der Waals surface area (Å²) < 4.78 is 5.35. The second kappa shape index (κ2) is 10.2. The molecule has 1 unspecified atom stereocenters. The predicted molar refractivity (Wildman–Crippen MR) is 128 cm³/mol. The van der Waals surface area contributed by atoms with Gasteiger partial charge in [-0.1, -0.05) is 13.8 Å². The van der Waals surface area contributed by atoms with Crippen LogP contribution in [-0.4, -0.2) is 60.3 Å². The van der Waals surface area contributed by atoms with E-state index in [0.717, 1.165) is 63.7 Å². The van der Waals surface area contributed by atoms with E-state index in [1.807, 2.05) is 19.9 Å². The summed E-state index contributed by atoms with van der Waals surface area (Å²) in [5.74, 6) is 0.879. The van der Waals surface area contributed by atoms with Crippen LogP contribution in [-0.2, 0) is 4.79 Å². The van der Waals surface area contributed by atoms with Gasteiger partial charge in [0.05, 0.1) is 22.8 Å². The number of nitrogens with one attached hydrogen (secondary N) is 1. The number of anilines is 1. The van der Waals surface area contributed by atoms with Crippen molar-refractivity contribution in [3.63, 3.8) is 0 Å². The van der Waals surface area contributed by atoms with Gasteiger partial charge in [-0.3, -0.25) is 4.79 Å². The third-order valence-electron chi connectivity index (χ3n) is 7.52. The van der Waals surface area contributed by atoms with Gasteiger partial charge in [0.25, 0.3) is 0 Å². The highest BCUT2D eigenvalue weighted by Crippen LogP contribution is 2.44. The smallest absolute Gasteiger partial charge is 0.410 e. The lowest BCUT2D eigenvalue weighted by Crippen LogP contribution is -2.50. The van der Waals surface area contributed by atoms with E-state index in [9.17, 15) is 20.0 Å². The predicted octanol–water partition coefficient (Wildman–Crippen LogP) is 3.43. The molecule has 1 aromatic rings. The van der Waals surface area contributed by atoms with E-state index in [-0.39, 0.29) is 18.1 Å². The highest BCUT2D eigenvalue weighted by atomic mass is 16.6. The van der Waals surface area contributed by atoms with E-state index in [2.05, 4.69) is 21.2 Å². The Bertz CT molecular complexity index is 951. The van der Waals surface area contributed by atoms with Crippen LogP contribution in [0.4, 0.5) is 10.5 Å². The van der Waals surface area contributed by atoms with Crippen LogP contribution in [0.1, 0.15) is 64.4 Å². The van der Waals surface area contributed by atoms with Gasteiger partial charge in [0.15, 0.2) is 0 Å². The molecule has 8 nitrogen and oxygen atoms in total. The van der Waals surface area contributed by atoms with Crippen LogP contribution in [0.15, 0.2) is 18.2 Å². The molecule has 2 amide bonds. The molecule has 1 saturated carbocycles. The van der Waals surface area contributed by atoms with Crippen LogP contribution in [0.3, 0.4) is 0 Å². The number of nitriles is 1. The fourth-order valence-corrected chi connectivity index (χ4v) is 5.66. The van der Waals surface area contributed by atoms with Gasteiger partial charge in [-0.25, -0.2) is 4.79 Å². The number of ether oxygens (including phenoxy) is 1. The van der Waals surface area contributed by atoms with E-state index >= 15 is 0 Å². The van der Waals surface area contributed by atoms with E-state index in [1.54, 1.807) is 12.1 Å². The van der Waals surface area contributed by atoms with Crippen LogP contribution < -0.4 is 15.0 Å². The molecule has 2 saturated heterocycles. The number of carbonyl (C=O) groups excluding carboxylic acids is 2. The monoisotopic (exact) mass is 468 g/mol. The summed E-state index contributed by atoms with van der Waals surface area (Å²) in [5.41, 5.74) is 0.811. The van der Waals surface area contributed by atoms with Crippen molar-refractivity contribution in [2.45, 2.75) is 70.9 Å². The molecule has 34 heavy (non-hydrogen) atoms. The molecule has 0 radical (unpaired) electrons. The van der Waals surface area contributed by atoms with Gasteiger partial charge in [0.2, 0.25) is 5.91 Å². The maximum absolute atomic E-state index is 13.6. The van der Waals surface area contributed by atoms with E-state index < -0.39 is 11.5 Å². The fourth-order valence-electron chi connectivity index (χ4n) is 5.66. The van der Waals surface area contributed by atoms with Crippen molar-refractivity contribution in [3.8, 4) is 11.8 Å². The molecule has 2 N–H and O–H groups in total. The zero-order valence-electron chi connectivity index (χ0n) is 20.3. The number of rotatable bonds is 5. The average Bonchev–Trinajstić information content (AvgIpc) is 3.13. The second-order valence-electron chi connectivity index (χ2n) is 10.5. The van der Waals surface area contributed by atoms with E-state index in [4.69, 9.17) is 4.74 Å². The van der Waals surface area contributed by atoms with Crippen molar-refractivity contribution in [2.24, 2.45) is 11.3 Å². The Balaban J connectivity index is 1.45. The zero-order valence-corrected chi connectivity index (χ0v) is 20.3. The van der Waals surface area contributed by atoms with Gasteiger partial charge >= 0.3 is 6.09 Å². The quantitative estimate of drug-likeness (QED) is 0.686. The lowest BCUT2D eigenvalue weighted by molar-refractivity contribution is -0.139. The highest BCUT2D eigenvalue weighted by Gasteiger charge is 2.50. The molecule has 1 atom stereocenters. The Morgan fingerprint density at radius 3 is 2.74 bits per heavy atom. The number of hydrogen-bond donors (Lipinski definition) is 2. The molecule has 3 fully saturated rings. The molecule has 1 aromatic carbocycles. The topological polar surface area (TPSA) is 106 Å².